The molecule has 0 aromatic heterocycles. The van der Waals surface area contributed by atoms with Crippen molar-refractivity contribution in [2.75, 3.05) is 32.0 Å². The zero-order valence-corrected chi connectivity index (χ0v) is 11.4. The molecule has 0 saturated carbocycles. The molecule has 1 atom stereocenters. The molecule has 1 unspecified atom stereocenters. The summed E-state index contributed by atoms with van der Waals surface area (Å²) in [5, 5.41) is 0. The maximum atomic E-state index is 6.01. The molecule has 1 heterocycles. The molecule has 20 heavy (non-hydrogen) atoms. The highest BCUT2D eigenvalue weighted by Crippen LogP contribution is 2.46. The van der Waals surface area contributed by atoms with Crippen LogP contribution in [0, 0.1) is 0 Å². The van der Waals surface area contributed by atoms with Crippen molar-refractivity contribution in [2.45, 2.75) is 6.04 Å². The van der Waals surface area contributed by atoms with Crippen LogP contribution in [0.5, 0.6) is 0 Å². The Labute approximate surface area is 119 Å². The SMILES string of the molecule is Nc1ccc2c(c1)C(N1CCOCC1)c1ccccc1-2. The van der Waals surface area contributed by atoms with Crippen LogP contribution in [-0.4, -0.2) is 31.2 Å². The first-order chi connectivity index (χ1) is 9.84. The van der Waals surface area contributed by atoms with Crippen molar-refractivity contribution in [2.24, 2.45) is 0 Å². The van der Waals surface area contributed by atoms with Gasteiger partial charge in [-0.15, -0.1) is 0 Å². The largest absolute Gasteiger partial charge is 0.399 e. The maximum Gasteiger partial charge on any atom is 0.0616 e. The molecule has 4 rings (SSSR count). The van der Waals surface area contributed by atoms with Crippen LogP contribution in [0.3, 0.4) is 0 Å². The summed E-state index contributed by atoms with van der Waals surface area (Å²) >= 11 is 0. The summed E-state index contributed by atoms with van der Waals surface area (Å²) in [6, 6.07) is 15.3. The first-order valence-electron chi connectivity index (χ1n) is 7.15. The van der Waals surface area contributed by atoms with E-state index in [9.17, 15) is 0 Å². The number of hydrogen-bond acceptors (Lipinski definition) is 3. The molecular formula is C17H18N2O. The van der Waals surface area contributed by atoms with E-state index in [0.717, 1.165) is 32.0 Å². The van der Waals surface area contributed by atoms with E-state index >= 15 is 0 Å². The van der Waals surface area contributed by atoms with E-state index in [0.29, 0.717) is 6.04 Å². The van der Waals surface area contributed by atoms with Crippen LogP contribution in [0.4, 0.5) is 5.69 Å². The van der Waals surface area contributed by atoms with Gasteiger partial charge in [0.05, 0.1) is 19.3 Å². The molecule has 0 spiro atoms. The van der Waals surface area contributed by atoms with Gasteiger partial charge in [-0.25, -0.2) is 0 Å². The monoisotopic (exact) mass is 266 g/mol. The van der Waals surface area contributed by atoms with Crippen molar-refractivity contribution in [3.63, 3.8) is 0 Å². The number of nitrogens with two attached hydrogens (primary N) is 1. The van der Waals surface area contributed by atoms with Gasteiger partial charge in [-0.3, -0.25) is 4.90 Å². The van der Waals surface area contributed by atoms with Gasteiger partial charge in [0.25, 0.3) is 0 Å². The van der Waals surface area contributed by atoms with Gasteiger partial charge in [-0.05, 0) is 34.4 Å². The molecule has 1 aliphatic carbocycles. The second-order valence-corrected chi connectivity index (χ2v) is 5.48. The number of nitrogens with zero attached hydrogens (tertiary/aromatic N) is 1. The number of fused-ring (bicyclic) bond motifs is 3. The van der Waals surface area contributed by atoms with Crippen LogP contribution in [0.2, 0.25) is 0 Å². The van der Waals surface area contributed by atoms with E-state index in [1.807, 2.05) is 6.07 Å². The topological polar surface area (TPSA) is 38.5 Å². The van der Waals surface area contributed by atoms with Gasteiger partial charge >= 0.3 is 0 Å². The summed E-state index contributed by atoms with van der Waals surface area (Å²) in [5.74, 6) is 0. The zero-order chi connectivity index (χ0) is 13.5. The number of morpholine rings is 1. The van der Waals surface area contributed by atoms with Crippen molar-refractivity contribution in [3.05, 3.63) is 53.6 Å². The fourth-order valence-corrected chi connectivity index (χ4v) is 3.43. The molecule has 102 valence electrons. The van der Waals surface area contributed by atoms with E-state index in [4.69, 9.17) is 10.5 Å². The number of nitrogen functional groups attached to an aromatic ring is 1. The van der Waals surface area contributed by atoms with E-state index in [-0.39, 0.29) is 0 Å². The normalized spacial score (nSPS) is 21.5. The van der Waals surface area contributed by atoms with E-state index in [2.05, 4.69) is 41.3 Å². The summed E-state index contributed by atoms with van der Waals surface area (Å²) in [7, 11) is 0. The number of anilines is 1. The van der Waals surface area contributed by atoms with Crippen LogP contribution in [0.25, 0.3) is 11.1 Å². The second kappa shape index (κ2) is 4.62. The Kier molecular flexibility index (Phi) is 2.76. The molecule has 3 nitrogen and oxygen atoms in total. The molecule has 0 bridgehead atoms. The molecule has 2 aromatic carbocycles. The van der Waals surface area contributed by atoms with Gasteiger partial charge in [-0.2, -0.15) is 0 Å². The molecule has 1 fully saturated rings. The Bertz CT molecular complexity index is 647. The highest BCUT2D eigenvalue weighted by atomic mass is 16.5. The van der Waals surface area contributed by atoms with Crippen LogP contribution < -0.4 is 5.73 Å². The van der Waals surface area contributed by atoms with Gasteiger partial charge in [0, 0.05) is 18.8 Å². The van der Waals surface area contributed by atoms with Crippen LogP contribution in [0.15, 0.2) is 42.5 Å². The smallest absolute Gasteiger partial charge is 0.0616 e. The van der Waals surface area contributed by atoms with Gasteiger partial charge in [-0.1, -0.05) is 30.3 Å². The van der Waals surface area contributed by atoms with Crippen molar-refractivity contribution >= 4 is 5.69 Å². The second-order valence-electron chi connectivity index (χ2n) is 5.48. The molecule has 0 radical (unpaired) electrons. The predicted octanol–water partition coefficient (Wildman–Crippen LogP) is 2.67. The highest BCUT2D eigenvalue weighted by Gasteiger charge is 2.33. The third kappa shape index (κ3) is 1.74. The lowest BCUT2D eigenvalue weighted by molar-refractivity contribution is 0.0247. The lowest BCUT2D eigenvalue weighted by Gasteiger charge is -2.33. The van der Waals surface area contributed by atoms with Crippen molar-refractivity contribution in [1.29, 1.82) is 0 Å². The van der Waals surface area contributed by atoms with Crippen LogP contribution in [0.1, 0.15) is 17.2 Å². The molecule has 2 N–H and O–H groups in total. The van der Waals surface area contributed by atoms with Crippen molar-refractivity contribution < 1.29 is 4.74 Å². The quantitative estimate of drug-likeness (QED) is 0.806. The Morgan fingerprint density at radius 3 is 2.55 bits per heavy atom. The predicted molar refractivity (Wildman–Crippen MR) is 80.5 cm³/mol. The lowest BCUT2D eigenvalue weighted by atomic mass is 10.0. The van der Waals surface area contributed by atoms with Crippen molar-refractivity contribution in [3.8, 4) is 11.1 Å². The highest BCUT2D eigenvalue weighted by molar-refractivity contribution is 5.80. The Balaban J connectivity index is 1.87. The maximum absolute atomic E-state index is 6.01. The Morgan fingerprint density at radius 2 is 1.70 bits per heavy atom. The van der Waals surface area contributed by atoms with Crippen LogP contribution >= 0.6 is 0 Å². The van der Waals surface area contributed by atoms with Crippen LogP contribution in [-0.2, 0) is 4.74 Å². The third-order valence-corrected chi connectivity index (χ3v) is 4.33. The van der Waals surface area contributed by atoms with Gasteiger partial charge < -0.3 is 10.5 Å². The molecule has 3 heteroatoms. The minimum absolute atomic E-state index is 0.327. The third-order valence-electron chi connectivity index (χ3n) is 4.33. The van der Waals surface area contributed by atoms with Crippen molar-refractivity contribution in [1.82, 2.24) is 4.90 Å². The fourth-order valence-electron chi connectivity index (χ4n) is 3.43. The minimum Gasteiger partial charge on any atom is -0.399 e. The summed E-state index contributed by atoms with van der Waals surface area (Å²) in [6.45, 7) is 3.59. The first kappa shape index (κ1) is 11.9. The zero-order valence-electron chi connectivity index (χ0n) is 11.4. The summed E-state index contributed by atoms with van der Waals surface area (Å²) in [5.41, 5.74) is 12.3. The van der Waals surface area contributed by atoms with Gasteiger partial charge in [0.2, 0.25) is 0 Å². The lowest BCUT2D eigenvalue weighted by Crippen LogP contribution is -2.38. The van der Waals surface area contributed by atoms with E-state index in [1.54, 1.807) is 0 Å². The van der Waals surface area contributed by atoms with Gasteiger partial charge in [0.15, 0.2) is 0 Å². The summed E-state index contributed by atoms with van der Waals surface area (Å²) in [4.78, 5) is 2.51. The van der Waals surface area contributed by atoms with Gasteiger partial charge in [0.1, 0.15) is 0 Å². The number of benzene rings is 2. The minimum atomic E-state index is 0.327. The molecule has 1 aliphatic heterocycles. The molecule has 2 aliphatic rings. The molecule has 1 saturated heterocycles. The molecular weight excluding hydrogens is 248 g/mol. The average Bonchev–Trinajstić information content (AvgIpc) is 2.81. The average molecular weight is 266 g/mol. The molecule has 0 amide bonds. The Hall–Kier alpha value is -1.84. The Morgan fingerprint density at radius 1 is 0.950 bits per heavy atom. The summed E-state index contributed by atoms with van der Waals surface area (Å²) in [6.07, 6.45) is 0. The molecule has 2 aromatic rings. The summed E-state index contributed by atoms with van der Waals surface area (Å²) < 4.78 is 5.49. The number of ether oxygens (including phenoxy) is 1. The standard InChI is InChI=1S/C17H18N2O/c18-12-5-6-14-13-3-1-2-4-15(13)17(16(14)11-12)19-7-9-20-10-8-19/h1-6,11,17H,7-10,18H2. The first-order valence-corrected chi connectivity index (χ1v) is 7.15. The fraction of sp³-hybridized carbons (Fsp3) is 0.294. The van der Waals surface area contributed by atoms with E-state index in [1.165, 1.54) is 22.3 Å². The number of rotatable bonds is 1. The number of hydrogen-bond donors (Lipinski definition) is 1. The van der Waals surface area contributed by atoms with E-state index < -0.39 is 0 Å².